The molecule has 156 valence electrons. The summed E-state index contributed by atoms with van der Waals surface area (Å²) in [6, 6.07) is 2.72. The number of halogens is 2. The Morgan fingerprint density at radius 3 is 2.36 bits per heavy atom. The van der Waals surface area contributed by atoms with Gasteiger partial charge in [0.05, 0.1) is 12.6 Å². The van der Waals surface area contributed by atoms with Crippen LogP contribution in [0, 0.1) is 11.6 Å². The quantitative estimate of drug-likeness (QED) is 0.591. The molecule has 1 aliphatic rings. The van der Waals surface area contributed by atoms with Crippen LogP contribution in [-0.4, -0.2) is 72.7 Å². The highest BCUT2D eigenvalue weighted by atomic mass is 19.1. The van der Waals surface area contributed by atoms with Crippen molar-refractivity contribution >= 4 is 12.0 Å². The van der Waals surface area contributed by atoms with Crippen LogP contribution in [0.1, 0.15) is 31.4 Å². The summed E-state index contributed by atoms with van der Waals surface area (Å²) in [4.78, 5) is 26.5. The third-order valence-electron chi connectivity index (χ3n) is 5.12. The third kappa shape index (κ3) is 5.62. The number of carbonyl (C=O) groups excluding carboxylic acids is 1. The fourth-order valence-electron chi connectivity index (χ4n) is 3.47. The van der Waals surface area contributed by atoms with Crippen molar-refractivity contribution < 1.29 is 23.5 Å². The van der Waals surface area contributed by atoms with Crippen molar-refractivity contribution in [2.45, 2.75) is 37.9 Å². The Morgan fingerprint density at radius 2 is 1.86 bits per heavy atom. The Kier molecular flexibility index (Phi) is 7.70. The van der Waals surface area contributed by atoms with E-state index in [0.29, 0.717) is 19.4 Å². The van der Waals surface area contributed by atoms with Gasteiger partial charge < -0.3 is 20.6 Å². The van der Waals surface area contributed by atoms with E-state index in [4.69, 9.17) is 5.11 Å². The van der Waals surface area contributed by atoms with Crippen LogP contribution in [0.5, 0.6) is 0 Å². The first-order valence-corrected chi connectivity index (χ1v) is 9.33. The second kappa shape index (κ2) is 9.79. The van der Waals surface area contributed by atoms with Gasteiger partial charge >= 0.3 is 12.0 Å². The van der Waals surface area contributed by atoms with E-state index >= 15 is 0 Å². The van der Waals surface area contributed by atoms with Gasteiger partial charge in [0.2, 0.25) is 0 Å². The number of carboxylic acids is 1. The fourth-order valence-corrected chi connectivity index (χ4v) is 3.47. The number of rotatable bonds is 9. The minimum atomic E-state index is -0.869. The van der Waals surface area contributed by atoms with Gasteiger partial charge in [0, 0.05) is 24.2 Å². The zero-order valence-corrected chi connectivity index (χ0v) is 16.4. The molecular weight excluding hydrogens is 370 g/mol. The van der Waals surface area contributed by atoms with E-state index in [0.717, 1.165) is 0 Å². The Morgan fingerprint density at radius 1 is 1.25 bits per heavy atom. The number of amides is 2. The molecule has 1 unspecified atom stereocenters. The van der Waals surface area contributed by atoms with E-state index in [9.17, 15) is 18.4 Å². The highest BCUT2D eigenvalue weighted by molar-refractivity contribution is 5.74. The van der Waals surface area contributed by atoms with Gasteiger partial charge in [0.15, 0.2) is 0 Å². The summed E-state index contributed by atoms with van der Waals surface area (Å²) in [5, 5.41) is 14.4. The zero-order chi connectivity index (χ0) is 20.8. The van der Waals surface area contributed by atoms with Crippen LogP contribution >= 0.6 is 0 Å². The molecule has 1 aromatic carbocycles. The second-order valence-corrected chi connectivity index (χ2v) is 7.25. The van der Waals surface area contributed by atoms with Gasteiger partial charge in [-0.1, -0.05) is 13.0 Å². The molecule has 0 aliphatic heterocycles. The standard InChI is InChI=1S/C19H28F2N4O3/c1-4-25(11-17(26)27)13-8-12(9-13)23-19(28)22-10-16(24(2)3)18-14(20)6-5-7-15(18)21/h5-7,12-13,16H,4,8-11H2,1-3H3,(H,26,27)(H2,22,23,28). The number of hydrogen-bond donors (Lipinski definition) is 3. The van der Waals surface area contributed by atoms with Crippen molar-refractivity contribution in [3.05, 3.63) is 35.4 Å². The fraction of sp³-hybridized carbons (Fsp3) is 0.579. The Hall–Kier alpha value is -2.26. The maximum absolute atomic E-state index is 14.1. The molecule has 2 rings (SSSR count). The van der Waals surface area contributed by atoms with Crippen molar-refractivity contribution in [1.82, 2.24) is 20.4 Å². The van der Waals surface area contributed by atoms with Crippen LogP contribution in [-0.2, 0) is 4.79 Å². The van der Waals surface area contributed by atoms with Gasteiger partial charge in [-0.3, -0.25) is 9.69 Å². The lowest BCUT2D eigenvalue weighted by Crippen LogP contribution is -2.56. The van der Waals surface area contributed by atoms with Crippen LogP contribution < -0.4 is 10.6 Å². The Labute approximate surface area is 163 Å². The average molecular weight is 398 g/mol. The van der Waals surface area contributed by atoms with Gasteiger partial charge in [-0.15, -0.1) is 0 Å². The van der Waals surface area contributed by atoms with Gasteiger partial charge in [0.25, 0.3) is 0 Å². The summed E-state index contributed by atoms with van der Waals surface area (Å²) in [7, 11) is 3.38. The molecule has 28 heavy (non-hydrogen) atoms. The largest absolute Gasteiger partial charge is 0.480 e. The average Bonchev–Trinajstić information content (AvgIpc) is 2.57. The van der Waals surface area contributed by atoms with E-state index < -0.39 is 29.7 Å². The minimum absolute atomic E-state index is 0.0151. The predicted molar refractivity (Wildman–Crippen MR) is 101 cm³/mol. The number of nitrogens with zero attached hydrogens (tertiary/aromatic N) is 2. The van der Waals surface area contributed by atoms with Crippen LogP contribution in [0.25, 0.3) is 0 Å². The first-order valence-electron chi connectivity index (χ1n) is 9.33. The Balaban J connectivity index is 1.84. The second-order valence-electron chi connectivity index (χ2n) is 7.25. The number of benzene rings is 1. The molecule has 1 atom stereocenters. The summed E-state index contributed by atoms with van der Waals surface area (Å²) in [5.74, 6) is -2.17. The summed E-state index contributed by atoms with van der Waals surface area (Å²) in [6.45, 7) is 2.57. The lowest BCUT2D eigenvalue weighted by Gasteiger charge is -2.42. The smallest absolute Gasteiger partial charge is 0.317 e. The molecule has 0 bridgehead atoms. The van der Waals surface area contributed by atoms with E-state index in [-0.39, 0.29) is 30.7 Å². The van der Waals surface area contributed by atoms with Crippen molar-refractivity contribution in [2.24, 2.45) is 0 Å². The summed E-state index contributed by atoms with van der Waals surface area (Å²) in [5.41, 5.74) is -0.0798. The molecule has 2 amide bonds. The highest BCUT2D eigenvalue weighted by Crippen LogP contribution is 2.26. The zero-order valence-electron chi connectivity index (χ0n) is 16.4. The number of carboxylic acid groups (broad SMARTS) is 1. The van der Waals surface area contributed by atoms with Crippen molar-refractivity contribution in [3.63, 3.8) is 0 Å². The van der Waals surface area contributed by atoms with Crippen molar-refractivity contribution in [2.75, 3.05) is 33.7 Å². The molecule has 0 saturated heterocycles. The molecule has 0 aromatic heterocycles. The maximum Gasteiger partial charge on any atom is 0.317 e. The molecule has 3 N–H and O–H groups in total. The molecule has 9 heteroatoms. The van der Waals surface area contributed by atoms with Gasteiger partial charge in [-0.2, -0.15) is 0 Å². The monoisotopic (exact) mass is 398 g/mol. The van der Waals surface area contributed by atoms with Crippen molar-refractivity contribution in [1.29, 1.82) is 0 Å². The molecule has 1 aromatic rings. The van der Waals surface area contributed by atoms with Gasteiger partial charge in [0.1, 0.15) is 11.6 Å². The summed E-state index contributed by atoms with van der Waals surface area (Å²) >= 11 is 0. The summed E-state index contributed by atoms with van der Waals surface area (Å²) < 4.78 is 28.1. The topological polar surface area (TPSA) is 84.9 Å². The molecule has 1 aliphatic carbocycles. The summed E-state index contributed by atoms with van der Waals surface area (Å²) in [6.07, 6.45) is 1.35. The third-order valence-corrected chi connectivity index (χ3v) is 5.12. The molecule has 1 saturated carbocycles. The molecule has 1 fully saturated rings. The van der Waals surface area contributed by atoms with E-state index in [1.54, 1.807) is 19.0 Å². The normalized spacial score (nSPS) is 20.0. The SMILES string of the molecule is CCN(CC(=O)O)C1CC(NC(=O)NCC(c2c(F)cccc2F)N(C)C)C1. The number of urea groups is 1. The lowest BCUT2D eigenvalue weighted by atomic mass is 9.85. The number of hydrogen-bond acceptors (Lipinski definition) is 4. The van der Waals surface area contributed by atoms with E-state index in [1.165, 1.54) is 18.2 Å². The predicted octanol–water partition coefficient (Wildman–Crippen LogP) is 1.80. The van der Waals surface area contributed by atoms with E-state index in [2.05, 4.69) is 10.6 Å². The lowest BCUT2D eigenvalue weighted by molar-refractivity contribution is -0.139. The van der Waals surface area contributed by atoms with Crippen LogP contribution in [0.4, 0.5) is 13.6 Å². The van der Waals surface area contributed by atoms with Crippen LogP contribution in [0.3, 0.4) is 0 Å². The first kappa shape index (κ1) is 22.0. The highest BCUT2D eigenvalue weighted by Gasteiger charge is 2.34. The molecule has 7 nitrogen and oxygen atoms in total. The number of likely N-dealkylation sites (N-methyl/N-ethyl adjacent to an activating group) is 2. The maximum atomic E-state index is 14.1. The first-order chi connectivity index (χ1) is 13.2. The minimum Gasteiger partial charge on any atom is -0.480 e. The van der Waals surface area contributed by atoms with Crippen LogP contribution in [0.15, 0.2) is 18.2 Å². The van der Waals surface area contributed by atoms with Crippen molar-refractivity contribution in [3.8, 4) is 0 Å². The molecule has 0 spiro atoms. The molecular formula is C19H28F2N4O3. The molecule has 0 radical (unpaired) electrons. The molecule has 0 heterocycles. The van der Waals surface area contributed by atoms with Crippen LogP contribution in [0.2, 0.25) is 0 Å². The van der Waals surface area contributed by atoms with Gasteiger partial charge in [-0.25, -0.2) is 13.6 Å². The number of carbonyl (C=O) groups is 2. The number of aliphatic carboxylic acids is 1. The van der Waals surface area contributed by atoms with E-state index in [1.807, 2.05) is 11.8 Å². The van der Waals surface area contributed by atoms with Gasteiger partial charge in [-0.05, 0) is 45.6 Å². The Bertz CT molecular complexity index is 676. The number of nitrogens with one attached hydrogen (secondary N) is 2.